The molecule has 0 aromatic carbocycles. The molecule has 0 fully saturated rings. The van der Waals surface area contributed by atoms with Crippen LogP contribution >= 0.6 is 7.92 Å². The highest BCUT2D eigenvalue weighted by atomic mass is 31.1. The third kappa shape index (κ3) is 17.9. The van der Waals surface area contributed by atoms with Gasteiger partial charge in [-0.15, -0.1) is 7.92 Å². The van der Waals surface area contributed by atoms with Gasteiger partial charge in [-0.1, -0.05) is 40.0 Å². The van der Waals surface area contributed by atoms with Crippen LogP contribution in [0.3, 0.4) is 0 Å². The van der Waals surface area contributed by atoms with Crippen molar-refractivity contribution in [2.75, 3.05) is 18.5 Å². The van der Waals surface area contributed by atoms with Crippen molar-refractivity contribution in [3.63, 3.8) is 0 Å². The van der Waals surface area contributed by atoms with Crippen LogP contribution in [0.4, 0.5) is 0 Å². The van der Waals surface area contributed by atoms with Crippen molar-refractivity contribution in [1.82, 2.24) is 0 Å². The summed E-state index contributed by atoms with van der Waals surface area (Å²) in [6.45, 7) is 8.36. The average Bonchev–Trinajstić information content (AvgIpc) is 2.38. The molecule has 19 heavy (non-hydrogen) atoms. The molecule has 3 nitrogen and oxygen atoms in total. The van der Waals surface area contributed by atoms with Crippen LogP contribution in [-0.4, -0.2) is 35.6 Å². The van der Waals surface area contributed by atoms with E-state index >= 15 is 0 Å². The van der Waals surface area contributed by atoms with E-state index in [0.29, 0.717) is 7.92 Å². The Balaban J connectivity index is 0. The molecule has 116 valence electrons. The predicted molar refractivity (Wildman–Crippen MR) is 87.5 cm³/mol. The molecule has 0 unspecified atom stereocenters. The molecule has 0 bridgehead atoms. The largest absolute Gasteiger partial charge is 0.480 e. The molecular weight excluding hydrogens is 257 g/mol. The molecule has 0 aromatic heterocycles. The van der Waals surface area contributed by atoms with Crippen molar-refractivity contribution in [2.45, 2.75) is 72.3 Å². The lowest BCUT2D eigenvalue weighted by Gasteiger charge is -2.16. The Hall–Kier alpha value is -0.140. The fourth-order valence-corrected chi connectivity index (χ4v) is 4.44. The first-order valence-electron chi connectivity index (χ1n) is 7.70. The summed E-state index contributed by atoms with van der Waals surface area (Å²) in [6, 6.07) is -0.731. The molecule has 0 aliphatic rings. The summed E-state index contributed by atoms with van der Waals surface area (Å²) in [4.78, 5) is 9.57. The minimum Gasteiger partial charge on any atom is -0.480 e. The molecule has 0 rings (SSSR count). The minimum absolute atomic E-state index is 0.422. The van der Waals surface area contributed by atoms with Crippen molar-refractivity contribution in [3.8, 4) is 0 Å². The standard InChI is InChI=1S/C12H27P.C3H7NO2/c1-4-7-10-13(11-8-5-2)12-9-6-3;1-2(4)3(5)6/h4-12H2,1-3H3;2H,4H2,1H3,(H,5,6)/t;2-/m.0/s1. The Bertz CT molecular complexity index is 180. The van der Waals surface area contributed by atoms with E-state index in [9.17, 15) is 4.79 Å². The van der Waals surface area contributed by atoms with Gasteiger partial charge in [-0.3, -0.25) is 4.79 Å². The second kappa shape index (κ2) is 15.9. The van der Waals surface area contributed by atoms with Gasteiger partial charge in [-0.25, -0.2) is 0 Å². The Morgan fingerprint density at radius 1 is 1.00 bits per heavy atom. The molecule has 0 radical (unpaired) electrons. The van der Waals surface area contributed by atoms with Crippen LogP contribution in [0, 0.1) is 0 Å². The number of nitrogens with two attached hydrogens (primary N) is 1. The summed E-state index contributed by atoms with van der Waals surface area (Å²) in [6.07, 6.45) is 13.2. The van der Waals surface area contributed by atoms with E-state index in [1.807, 2.05) is 0 Å². The number of carboxylic acid groups (broad SMARTS) is 1. The quantitative estimate of drug-likeness (QED) is 0.590. The molecule has 0 aromatic rings. The second-order valence-electron chi connectivity index (χ2n) is 5.03. The topological polar surface area (TPSA) is 63.3 Å². The highest BCUT2D eigenvalue weighted by Crippen LogP contribution is 2.38. The van der Waals surface area contributed by atoms with Crippen molar-refractivity contribution < 1.29 is 9.90 Å². The van der Waals surface area contributed by atoms with E-state index in [2.05, 4.69) is 20.8 Å². The minimum atomic E-state index is -0.963. The van der Waals surface area contributed by atoms with Crippen LogP contribution in [0.1, 0.15) is 66.2 Å². The molecule has 3 N–H and O–H groups in total. The second-order valence-corrected chi connectivity index (χ2v) is 7.71. The van der Waals surface area contributed by atoms with E-state index in [4.69, 9.17) is 10.8 Å². The normalized spacial score (nSPS) is 11.9. The van der Waals surface area contributed by atoms with Gasteiger partial charge >= 0.3 is 5.97 Å². The van der Waals surface area contributed by atoms with Gasteiger partial charge in [0.25, 0.3) is 0 Å². The zero-order valence-corrected chi connectivity index (χ0v) is 14.2. The van der Waals surface area contributed by atoms with Crippen LogP contribution in [0.15, 0.2) is 0 Å². The molecule has 0 heterocycles. The van der Waals surface area contributed by atoms with Crippen LogP contribution in [-0.2, 0) is 4.79 Å². The van der Waals surface area contributed by atoms with E-state index in [1.165, 1.54) is 45.4 Å². The monoisotopic (exact) mass is 291 g/mol. The van der Waals surface area contributed by atoms with Crippen molar-refractivity contribution in [3.05, 3.63) is 0 Å². The van der Waals surface area contributed by atoms with Crippen LogP contribution in [0.5, 0.6) is 0 Å². The van der Waals surface area contributed by atoms with Gasteiger partial charge in [-0.2, -0.15) is 0 Å². The Labute approximate surface area is 121 Å². The number of unbranched alkanes of at least 4 members (excludes halogenated alkanes) is 3. The first-order chi connectivity index (χ1) is 8.99. The summed E-state index contributed by atoms with van der Waals surface area (Å²) >= 11 is 0. The number of rotatable bonds is 10. The first kappa shape index (κ1) is 21.2. The number of carboxylic acids is 1. The maximum atomic E-state index is 9.57. The molecule has 0 saturated carbocycles. The SMILES string of the molecule is CCCCP(CCCC)CCCC.C[C@H](N)C(=O)O. The van der Waals surface area contributed by atoms with Gasteiger partial charge < -0.3 is 10.8 Å². The summed E-state index contributed by atoms with van der Waals surface area (Å²) in [7, 11) is 0.422. The Morgan fingerprint density at radius 3 is 1.42 bits per heavy atom. The van der Waals surface area contributed by atoms with E-state index in [1.54, 1.807) is 18.5 Å². The molecule has 0 aliphatic carbocycles. The van der Waals surface area contributed by atoms with Crippen molar-refractivity contribution in [2.24, 2.45) is 5.73 Å². The summed E-state index contributed by atoms with van der Waals surface area (Å²) in [5.74, 6) is -0.963. The molecule has 0 amide bonds. The third-order valence-electron chi connectivity index (χ3n) is 2.87. The Kier molecular flexibility index (Phi) is 17.7. The van der Waals surface area contributed by atoms with Gasteiger partial charge in [0.1, 0.15) is 6.04 Å². The molecule has 1 atom stereocenters. The zero-order valence-electron chi connectivity index (χ0n) is 13.3. The zero-order chi connectivity index (χ0) is 15.1. The van der Waals surface area contributed by atoms with Gasteiger partial charge in [-0.05, 0) is 44.7 Å². The van der Waals surface area contributed by atoms with E-state index in [-0.39, 0.29) is 0 Å². The van der Waals surface area contributed by atoms with Crippen molar-refractivity contribution in [1.29, 1.82) is 0 Å². The number of aliphatic carboxylic acids is 1. The maximum absolute atomic E-state index is 9.57. The van der Waals surface area contributed by atoms with Gasteiger partial charge in [0, 0.05) is 0 Å². The molecule has 0 aliphatic heterocycles. The predicted octanol–water partition coefficient (Wildman–Crippen LogP) is 4.29. The van der Waals surface area contributed by atoms with Gasteiger partial charge in [0.2, 0.25) is 0 Å². The van der Waals surface area contributed by atoms with E-state index < -0.39 is 12.0 Å². The lowest BCUT2D eigenvalue weighted by molar-refractivity contribution is -0.138. The molecule has 0 spiro atoms. The fraction of sp³-hybridized carbons (Fsp3) is 0.933. The smallest absolute Gasteiger partial charge is 0.320 e. The molecular formula is C15H34NO2P. The average molecular weight is 291 g/mol. The number of hydrogen-bond donors (Lipinski definition) is 2. The Morgan fingerprint density at radius 2 is 1.26 bits per heavy atom. The lowest BCUT2D eigenvalue weighted by Crippen LogP contribution is -2.25. The summed E-state index contributed by atoms with van der Waals surface area (Å²) in [5, 5.41) is 7.87. The highest BCUT2D eigenvalue weighted by molar-refractivity contribution is 7.57. The number of carbonyl (C=O) groups is 1. The molecule has 4 heteroatoms. The van der Waals surface area contributed by atoms with Crippen molar-refractivity contribution >= 4 is 13.9 Å². The maximum Gasteiger partial charge on any atom is 0.320 e. The van der Waals surface area contributed by atoms with E-state index in [0.717, 1.165) is 0 Å². The lowest BCUT2D eigenvalue weighted by atomic mass is 10.4. The van der Waals surface area contributed by atoms with Crippen LogP contribution < -0.4 is 5.73 Å². The highest BCUT2D eigenvalue weighted by Gasteiger charge is 2.05. The first-order valence-corrected chi connectivity index (χ1v) is 9.59. The van der Waals surface area contributed by atoms with Crippen LogP contribution in [0.2, 0.25) is 0 Å². The summed E-state index contributed by atoms with van der Waals surface area (Å²) in [5.41, 5.74) is 4.84. The molecule has 0 saturated heterocycles. The third-order valence-corrected chi connectivity index (χ3v) is 5.72. The van der Waals surface area contributed by atoms with Crippen LogP contribution in [0.25, 0.3) is 0 Å². The fourth-order valence-electron chi connectivity index (χ4n) is 1.48. The summed E-state index contributed by atoms with van der Waals surface area (Å²) < 4.78 is 0. The number of hydrogen-bond acceptors (Lipinski definition) is 2. The van der Waals surface area contributed by atoms with Gasteiger partial charge in [0.15, 0.2) is 0 Å². The van der Waals surface area contributed by atoms with Gasteiger partial charge in [0.05, 0.1) is 0 Å².